The second-order valence-corrected chi connectivity index (χ2v) is 4.19. The fourth-order valence-electron chi connectivity index (χ4n) is 1.81. The number of rotatable bonds is 5. The van der Waals surface area contributed by atoms with E-state index >= 15 is 0 Å². The summed E-state index contributed by atoms with van der Waals surface area (Å²) >= 11 is 0. The van der Waals surface area contributed by atoms with Gasteiger partial charge in [-0.05, 0) is 18.2 Å². The average molecular weight is 303 g/mol. The van der Waals surface area contributed by atoms with Gasteiger partial charge in [-0.3, -0.25) is 20.2 Å². The van der Waals surface area contributed by atoms with Gasteiger partial charge in [0, 0.05) is 12.1 Å². The molecule has 9 heteroatoms. The van der Waals surface area contributed by atoms with Crippen molar-refractivity contribution in [1.29, 1.82) is 0 Å². The normalized spacial score (nSPS) is 10.0. The molecule has 9 nitrogen and oxygen atoms in total. The molecule has 0 heterocycles. The summed E-state index contributed by atoms with van der Waals surface area (Å²) in [5.41, 5.74) is -0.958. The number of nitrogens with zero attached hydrogens (tertiary/aromatic N) is 2. The zero-order chi connectivity index (χ0) is 16.3. The molecule has 2 rings (SSSR count). The highest BCUT2D eigenvalue weighted by molar-refractivity contribution is 5.90. The quantitative estimate of drug-likeness (QED) is 0.640. The lowest BCUT2D eigenvalue weighted by Gasteiger charge is -2.08. The van der Waals surface area contributed by atoms with Crippen LogP contribution in [-0.2, 0) is 0 Å². The lowest BCUT2D eigenvalue weighted by Crippen LogP contribution is -2.03. The Labute approximate surface area is 123 Å². The molecule has 22 heavy (non-hydrogen) atoms. The van der Waals surface area contributed by atoms with Crippen molar-refractivity contribution in [3.63, 3.8) is 0 Å². The van der Waals surface area contributed by atoms with Gasteiger partial charge in [-0.1, -0.05) is 12.1 Å². The molecule has 0 saturated carbocycles. The molecule has 0 aliphatic heterocycles. The van der Waals surface area contributed by atoms with Crippen LogP contribution in [0.25, 0.3) is 0 Å². The summed E-state index contributed by atoms with van der Waals surface area (Å²) in [5, 5.41) is 33.4. The highest BCUT2D eigenvalue weighted by atomic mass is 16.6. The molecule has 0 spiro atoms. The predicted octanol–water partition coefficient (Wildman–Crippen LogP) is 2.94. The number of carboxylic acid groups (broad SMARTS) is 1. The Morgan fingerprint density at radius 1 is 0.955 bits per heavy atom. The van der Waals surface area contributed by atoms with Crippen molar-refractivity contribution in [2.75, 3.05) is 5.32 Å². The van der Waals surface area contributed by atoms with Crippen LogP contribution in [0.5, 0.6) is 0 Å². The van der Waals surface area contributed by atoms with Gasteiger partial charge < -0.3 is 10.4 Å². The predicted molar refractivity (Wildman–Crippen MR) is 76.4 cm³/mol. The van der Waals surface area contributed by atoms with Crippen molar-refractivity contribution in [3.8, 4) is 0 Å². The summed E-state index contributed by atoms with van der Waals surface area (Å²) < 4.78 is 0. The van der Waals surface area contributed by atoms with Crippen LogP contribution in [0.2, 0.25) is 0 Å². The van der Waals surface area contributed by atoms with Crippen LogP contribution in [0.1, 0.15) is 10.4 Å². The highest BCUT2D eigenvalue weighted by Crippen LogP contribution is 2.32. The van der Waals surface area contributed by atoms with Gasteiger partial charge in [0.05, 0.1) is 15.4 Å². The number of carboxylic acids is 1. The van der Waals surface area contributed by atoms with Crippen molar-refractivity contribution in [3.05, 3.63) is 68.3 Å². The van der Waals surface area contributed by atoms with Gasteiger partial charge in [0.2, 0.25) is 0 Å². The Hall–Kier alpha value is -3.49. The maximum absolute atomic E-state index is 11.0. The van der Waals surface area contributed by atoms with E-state index in [9.17, 15) is 25.0 Å². The number of para-hydroxylation sites is 2. The highest BCUT2D eigenvalue weighted by Gasteiger charge is 2.20. The Bertz CT molecular complexity index is 774. The van der Waals surface area contributed by atoms with Crippen LogP contribution in [0.4, 0.5) is 22.7 Å². The van der Waals surface area contributed by atoms with E-state index in [-0.39, 0.29) is 22.6 Å². The van der Waals surface area contributed by atoms with Gasteiger partial charge in [-0.15, -0.1) is 0 Å². The molecular formula is C13H9N3O6. The van der Waals surface area contributed by atoms with E-state index in [0.29, 0.717) is 0 Å². The number of hydrogen-bond acceptors (Lipinski definition) is 6. The van der Waals surface area contributed by atoms with E-state index in [1.54, 1.807) is 0 Å². The third-order valence-corrected chi connectivity index (χ3v) is 2.81. The number of benzene rings is 2. The molecule has 0 aliphatic rings. The zero-order valence-electron chi connectivity index (χ0n) is 10.9. The van der Waals surface area contributed by atoms with Crippen molar-refractivity contribution in [2.45, 2.75) is 0 Å². The number of aromatic carboxylic acids is 1. The number of nitro benzene ring substituents is 2. The molecule has 0 aromatic heterocycles. The molecule has 2 aromatic carbocycles. The first-order valence-electron chi connectivity index (χ1n) is 5.92. The van der Waals surface area contributed by atoms with Crippen LogP contribution in [-0.4, -0.2) is 20.9 Å². The van der Waals surface area contributed by atoms with Gasteiger partial charge in [0.25, 0.3) is 11.4 Å². The first-order valence-corrected chi connectivity index (χ1v) is 5.92. The first-order chi connectivity index (χ1) is 10.4. The summed E-state index contributed by atoms with van der Waals surface area (Å²) in [6, 6.07) is 8.90. The summed E-state index contributed by atoms with van der Waals surface area (Å²) in [4.78, 5) is 31.4. The van der Waals surface area contributed by atoms with Crippen molar-refractivity contribution in [2.24, 2.45) is 0 Å². The number of anilines is 2. The summed E-state index contributed by atoms with van der Waals surface area (Å²) in [6.45, 7) is 0. The number of hydrogen-bond donors (Lipinski definition) is 2. The minimum absolute atomic E-state index is 0.0377. The summed E-state index contributed by atoms with van der Waals surface area (Å²) in [6.07, 6.45) is 0. The van der Waals surface area contributed by atoms with Gasteiger partial charge in [0.15, 0.2) is 0 Å². The molecule has 0 amide bonds. The first kappa shape index (κ1) is 14.9. The Balaban J connectivity index is 2.48. The average Bonchev–Trinajstić information content (AvgIpc) is 2.47. The molecular weight excluding hydrogens is 294 g/mol. The fourth-order valence-corrected chi connectivity index (χ4v) is 1.81. The van der Waals surface area contributed by atoms with Gasteiger partial charge in [-0.2, -0.15) is 0 Å². The smallest absolute Gasteiger partial charge is 0.335 e. The lowest BCUT2D eigenvalue weighted by molar-refractivity contribution is -0.384. The third-order valence-electron chi connectivity index (χ3n) is 2.81. The van der Waals surface area contributed by atoms with E-state index in [4.69, 9.17) is 5.11 Å². The van der Waals surface area contributed by atoms with Crippen LogP contribution in [0, 0.1) is 20.2 Å². The molecule has 0 aliphatic carbocycles. The minimum Gasteiger partial charge on any atom is -0.478 e. The van der Waals surface area contributed by atoms with Crippen LogP contribution >= 0.6 is 0 Å². The molecule has 0 fully saturated rings. The van der Waals surface area contributed by atoms with E-state index in [2.05, 4.69) is 5.32 Å². The van der Waals surface area contributed by atoms with Crippen LogP contribution in [0.3, 0.4) is 0 Å². The molecule has 0 unspecified atom stereocenters. The fraction of sp³-hybridized carbons (Fsp3) is 0. The number of nitrogens with one attached hydrogen (secondary N) is 1. The summed E-state index contributed by atoms with van der Waals surface area (Å²) in [5.74, 6) is -1.31. The molecule has 2 N–H and O–H groups in total. The monoisotopic (exact) mass is 303 g/mol. The Kier molecular flexibility index (Phi) is 3.98. The zero-order valence-corrected chi connectivity index (χ0v) is 10.9. The van der Waals surface area contributed by atoms with Gasteiger partial charge >= 0.3 is 5.97 Å². The molecule has 0 bridgehead atoms. The van der Waals surface area contributed by atoms with Gasteiger partial charge in [-0.25, -0.2) is 4.79 Å². The molecule has 0 atom stereocenters. The van der Waals surface area contributed by atoms with E-state index < -0.39 is 21.5 Å². The maximum atomic E-state index is 11.0. The van der Waals surface area contributed by atoms with E-state index in [1.807, 2.05) is 0 Å². The van der Waals surface area contributed by atoms with Crippen LogP contribution < -0.4 is 5.32 Å². The topological polar surface area (TPSA) is 136 Å². The second kappa shape index (κ2) is 5.87. The number of carbonyl (C=O) groups is 1. The van der Waals surface area contributed by atoms with E-state index in [0.717, 1.165) is 6.07 Å². The standard InChI is InChI=1S/C13H9N3O6/c17-13(18)8-5-6-10(12(7-8)16(21)22)14-9-3-1-2-4-11(9)15(19)20/h1-7,14H,(H,17,18). The largest absolute Gasteiger partial charge is 0.478 e. The van der Waals surface area contributed by atoms with Crippen molar-refractivity contribution < 1.29 is 19.7 Å². The van der Waals surface area contributed by atoms with Crippen molar-refractivity contribution in [1.82, 2.24) is 0 Å². The van der Waals surface area contributed by atoms with Crippen molar-refractivity contribution >= 4 is 28.7 Å². The van der Waals surface area contributed by atoms with Gasteiger partial charge in [0.1, 0.15) is 11.4 Å². The third kappa shape index (κ3) is 2.98. The Morgan fingerprint density at radius 2 is 1.55 bits per heavy atom. The Morgan fingerprint density at radius 3 is 2.14 bits per heavy atom. The SMILES string of the molecule is O=C(O)c1ccc(Nc2ccccc2[N+](=O)[O-])c([N+](=O)[O-])c1. The maximum Gasteiger partial charge on any atom is 0.335 e. The number of nitro groups is 2. The molecule has 0 radical (unpaired) electrons. The molecule has 112 valence electrons. The van der Waals surface area contributed by atoms with E-state index in [1.165, 1.54) is 36.4 Å². The minimum atomic E-state index is -1.31. The summed E-state index contributed by atoms with van der Waals surface area (Å²) in [7, 11) is 0. The van der Waals surface area contributed by atoms with Crippen LogP contribution in [0.15, 0.2) is 42.5 Å². The lowest BCUT2D eigenvalue weighted by atomic mass is 10.1. The molecule has 0 saturated heterocycles. The second-order valence-electron chi connectivity index (χ2n) is 4.19. The molecule has 2 aromatic rings.